The van der Waals surface area contributed by atoms with Gasteiger partial charge in [-0.25, -0.2) is 0 Å². The molecule has 0 aliphatic heterocycles. The van der Waals surface area contributed by atoms with Gasteiger partial charge in [0, 0.05) is 67.0 Å². The third-order valence-corrected chi connectivity index (χ3v) is 15.5. The summed E-state index contributed by atoms with van der Waals surface area (Å²) in [5.41, 5.74) is 15.2. The van der Waals surface area contributed by atoms with Crippen LogP contribution in [0.4, 0.5) is 68.2 Å². The molecule has 14 aromatic rings. The number of fused-ring (bicyclic) bond motifs is 4. The molecule has 0 amide bonds. The molecule has 4 nitrogen and oxygen atoms in total. The van der Waals surface area contributed by atoms with Gasteiger partial charge in [-0.15, -0.1) is 0 Å². The Labute approximate surface area is 473 Å². The second-order valence-corrected chi connectivity index (χ2v) is 20.6. The van der Waals surface area contributed by atoms with E-state index in [0.717, 1.165) is 79.4 Å². The molecule has 0 spiro atoms. The lowest BCUT2D eigenvalue weighted by molar-refractivity contribution is 1.15. The van der Waals surface area contributed by atoms with Crippen LogP contribution in [0.5, 0.6) is 0 Å². The number of hydrogen-bond donors (Lipinski definition) is 0. The first-order valence-electron chi connectivity index (χ1n) is 27.8. The summed E-state index contributed by atoms with van der Waals surface area (Å²) in [6, 6.07) is 119. The molecule has 384 valence electrons. The van der Waals surface area contributed by atoms with E-state index < -0.39 is 0 Å². The van der Waals surface area contributed by atoms with E-state index >= 15 is 0 Å². The molecule has 14 aromatic carbocycles. The number of hydrogen-bond acceptors (Lipinski definition) is 4. The number of para-hydroxylation sites is 4. The van der Waals surface area contributed by atoms with Gasteiger partial charge in [0.1, 0.15) is 0 Å². The van der Waals surface area contributed by atoms with Crippen LogP contribution in [-0.2, 0) is 6.42 Å². The van der Waals surface area contributed by atoms with Gasteiger partial charge in [-0.3, -0.25) is 0 Å². The summed E-state index contributed by atoms with van der Waals surface area (Å²) in [5.74, 6) is 0. The van der Waals surface area contributed by atoms with Crippen LogP contribution in [0, 0.1) is 0 Å². The van der Waals surface area contributed by atoms with Crippen LogP contribution in [0.1, 0.15) is 11.1 Å². The largest absolute Gasteiger partial charge is 0.310 e. The Bertz CT molecular complexity index is 3930. The van der Waals surface area contributed by atoms with Crippen molar-refractivity contribution in [2.24, 2.45) is 0 Å². The zero-order valence-corrected chi connectivity index (χ0v) is 44.7. The Morgan fingerprint density at radius 3 is 0.630 bits per heavy atom. The first-order chi connectivity index (χ1) is 40.2. The highest BCUT2D eigenvalue weighted by Gasteiger charge is 2.24. The van der Waals surface area contributed by atoms with Crippen molar-refractivity contribution in [2.45, 2.75) is 6.42 Å². The Balaban J connectivity index is 1.05. The van der Waals surface area contributed by atoms with Gasteiger partial charge in [-0.2, -0.15) is 0 Å². The van der Waals surface area contributed by atoms with Gasteiger partial charge in [-0.05, 0) is 148 Å². The number of benzene rings is 14. The standard InChI is InChI=1S/C77H56N4/c1-5-33-62(34-6-1)78(74-45-21-29-58-25-13-17-41-70(58)74)66-50-56(51-67(54-66)79(63-35-7-2-8-36-63)75-46-22-30-59-26-14-18-42-71(59)75)49-57-52-68(80(64-37-9-3-10-38-64)76-47-23-31-60-27-15-19-43-72(60)76)55-69(53-57)81(65-39-11-4-12-40-65)77-48-24-32-61-28-16-20-44-73(61)77/h1-48,50-55H,49H2. The summed E-state index contributed by atoms with van der Waals surface area (Å²) in [7, 11) is 0. The lowest BCUT2D eigenvalue weighted by atomic mass is 9.98. The van der Waals surface area contributed by atoms with Gasteiger partial charge in [-0.1, -0.05) is 218 Å². The van der Waals surface area contributed by atoms with E-state index in [-0.39, 0.29) is 0 Å². The quantitative estimate of drug-likeness (QED) is 0.108. The Morgan fingerprint density at radius 1 is 0.173 bits per heavy atom. The third-order valence-electron chi connectivity index (χ3n) is 15.5. The maximum Gasteiger partial charge on any atom is 0.0540 e. The first kappa shape index (κ1) is 48.7. The van der Waals surface area contributed by atoms with Gasteiger partial charge in [0.15, 0.2) is 0 Å². The van der Waals surface area contributed by atoms with E-state index in [2.05, 4.69) is 347 Å². The van der Waals surface area contributed by atoms with E-state index in [1.165, 1.54) is 43.1 Å². The van der Waals surface area contributed by atoms with Crippen molar-refractivity contribution >= 4 is 111 Å². The molecular weight excluding hydrogens is 981 g/mol. The third kappa shape index (κ3) is 9.56. The molecule has 0 atom stereocenters. The summed E-state index contributed by atoms with van der Waals surface area (Å²) in [6.07, 6.45) is 0.606. The molecule has 0 saturated carbocycles. The highest BCUT2D eigenvalue weighted by molar-refractivity contribution is 6.04. The number of nitrogens with zero attached hydrogens (tertiary/aromatic N) is 4. The topological polar surface area (TPSA) is 13.0 Å². The van der Waals surface area contributed by atoms with E-state index in [9.17, 15) is 0 Å². The van der Waals surface area contributed by atoms with Crippen LogP contribution in [0.2, 0.25) is 0 Å². The molecule has 0 heterocycles. The van der Waals surface area contributed by atoms with Crippen molar-refractivity contribution in [1.82, 2.24) is 0 Å². The minimum Gasteiger partial charge on any atom is -0.310 e. The first-order valence-corrected chi connectivity index (χ1v) is 27.8. The van der Waals surface area contributed by atoms with E-state index in [1.807, 2.05) is 0 Å². The molecule has 0 fully saturated rings. The highest BCUT2D eigenvalue weighted by atomic mass is 15.2. The zero-order valence-electron chi connectivity index (χ0n) is 44.7. The van der Waals surface area contributed by atoms with E-state index in [1.54, 1.807) is 0 Å². The molecule has 0 unspecified atom stereocenters. The maximum atomic E-state index is 2.44. The molecule has 14 rings (SSSR count). The second-order valence-electron chi connectivity index (χ2n) is 20.6. The smallest absolute Gasteiger partial charge is 0.0540 e. The van der Waals surface area contributed by atoms with E-state index in [4.69, 9.17) is 0 Å². The van der Waals surface area contributed by atoms with Crippen molar-refractivity contribution in [2.75, 3.05) is 19.6 Å². The molecule has 0 aliphatic rings. The highest BCUT2D eigenvalue weighted by Crippen LogP contribution is 2.48. The monoisotopic (exact) mass is 1040 g/mol. The molecule has 4 heteroatoms. The summed E-state index contributed by atoms with van der Waals surface area (Å²) in [6.45, 7) is 0. The Morgan fingerprint density at radius 2 is 0.383 bits per heavy atom. The molecule has 81 heavy (non-hydrogen) atoms. The minimum atomic E-state index is 0.606. The molecule has 0 aromatic heterocycles. The van der Waals surface area contributed by atoms with Crippen molar-refractivity contribution in [3.8, 4) is 0 Å². The average molecular weight is 1040 g/mol. The van der Waals surface area contributed by atoms with Gasteiger partial charge >= 0.3 is 0 Å². The fraction of sp³-hybridized carbons (Fsp3) is 0.0130. The summed E-state index contributed by atoms with van der Waals surface area (Å²) in [4.78, 5) is 9.77. The number of rotatable bonds is 14. The lowest BCUT2D eigenvalue weighted by Crippen LogP contribution is -2.15. The lowest BCUT2D eigenvalue weighted by Gasteiger charge is -2.32. The maximum absolute atomic E-state index is 2.44. The molecule has 0 aliphatic carbocycles. The molecule has 0 N–H and O–H groups in total. The van der Waals surface area contributed by atoms with Crippen molar-refractivity contribution in [3.05, 3.63) is 339 Å². The van der Waals surface area contributed by atoms with Crippen LogP contribution in [0.15, 0.2) is 328 Å². The van der Waals surface area contributed by atoms with E-state index in [0.29, 0.717) is 6.42 Å². The minimum absolute atomic E-state index is 0.606. The van der Waals surface area contributed by atoms with Crippen molar-refractivity contribution in [1.29, 1.82) is 0 Å². The predicted molar refractivity (Wildman–Crippen MR) is 344 cm³/mol. The summed E-state index contributed by atoms with van der Waals surface area (Å²) >= 11 is 0. The summed E-state index contributed by atoms with van der Waals surface area (Å²) < 4.78 is 0. The van der Waals surface area contributed by atoms with Crippen LogP contribution >= 0.6 is 0 Å². The number of anilines is 12. The molecule has 0 radical (unpaired) electrons. The van der Waals surface area contributed by atoms with Crippen LogP contribution in [-0.4, -0.2) is 0 Å². The predicted octanol–water partition coefficient (Wildman–Crippen LogP) is 21.8. The molecular formula is C77H56N4. The fourth-order valence-electron chi connectivity index (χ4n) is 11.9. The molecule has 0 bridgehead atoms. The zero-order chi connectivity index (χ0) is 53.9. The van der Waals surface area contributed by atoms with Gasteiger partial charge in [0.25, 0.3) is 0 Å². The second kappa shape index (κ2) is 21.6. The van der Waals surface area contributed by atoms with Crippen LogP contribution in [0.25, 0.3) is 43.1 Å². The molecule has 0 saturated heterocycles. The van der Waals surface area contributed by atoms with Crippen molar-refractivity contribution < 1.29 is 0 Å². The summed E-state index contributed by atoms with van der Waals surface area (Å²) in [5, 5.41) is 9.42. The van der Waals surface area contributed by atoms with Crippen molar-refractivity contribution in [3.63, 3.8) is 0 Å². The fourth-order valence-corrected chi connectivity index (χ4v) is 11.9. The van der Waals surface area contributed by atoms with Gasteiger partial charge in [0.05, 0.1) is 22.7 Å². The van der Waals surface area contributed by atoms with Gasteiger partial charge < -0.3 is 19.6 Å². The normalized spacial score (nSPS) is 11.3. The SMILES string of the molecule is c1ccc(N(c2cc(Cc3cc(N(c4ccccc4)c4cccc5ccccc45)cc(N(c4ccccc4)c4cccc5ccccc45)c3)cc(N(c3ccccc3)c3cccc4ccccc34)c2)c2cccc3ccccc23)cc1. The Kier molecular flexibility index (Phi) is 13.0. The van der Waals surface area contributed by atoms with Gasteiger partial charge in [0.2, 0.25) is 0 Å². The Hall–Kier alpha value is -10.7. The van der Waals surface area contributed by atoms with Crippen LogP contribution < -0.4 is 19.6 Å². The average Bonchev–Trinajstić information content (AvgIpc) is 3.72. The van der Waals surface area contributed by atoms with Crippen LogP contribution in [0.3, 0.4) is 0 Å².